The van der Waals surface area contributed by atoms with Crippen LogP contribution in [0.5, 0.6) is 0 Å². The summed E-state index contributed by atoms with van der Waals surface area (Å²) < 4.78 is 5.37. The molecule has 0 spiro atoms. The number of benzene rings is 1. The van der Waals surface area contributed by atoms with Gasteiger partial charge in [0.25, 0.3) is 0 Å². The molecule has 7 heteroatoms. The van der Waals surface area contributed by atoms with Gasteiger partial charge in [-0.1, -0.05) is 23.4 Å². The van der Waals surface area contributed by atoms with Crippen LogP contribution in [0.1, 0.15) is 12.3 Å². The zero-order chi connectivity index (χ0) is 18.6. The molecule has 1 aliphatic heterocycles. The maximum absolute atomic E-state index is 12.3. The van der Waals surface area contributed by atoms with Crippen molar-refractivity contribution in [1.82, 2.24) is 20.0 Å². The van der Waals surface area contributed by atoms with Crippen LogP contribution in [-0.4, -0.2) is 46.1 Å². The van der Waals surface area contributed by atoms with Crippen molar-refractivity contribution < 1.29 is 9.32 Å². The van der Waals surface area contributed by atoms with Crippen molar-refractivity contribution in [3.05, 3.63) is 60.7 Å². The summed E-state index contributed by atoms with van der Waals surface area (Å²) in [5, 5.41) is 4.03. The molecular weight excluding hydrogens is 342 g/mol. The highest BCUT2D eigenvalue weighted by atomic mass is 16.5. The number of hydrogen-bond donors (Lipinski definition) is 0. The third kappa shape index (κ3) is 4.03. The van der Waals surface area contributed by atoms with Crippen LogP contribution in [-0.2, 0) is 11.3 Å². The number of pyridine rings is 1. The number of aromatic nitrogens is 3. The fourth-order valence-corrected chi connectivity index (χ4v) is 3.43. The van der Waals surface area contributed by atoms with E-state index in [0.29, 0.717) is 24.7 Å². The molecule has 2 aromatic heterocycles. The quantitative estimate of drug-likeness (QED) is 0.670. The highest BCUT2D eigenvalue weighted by Gasteiger charge is 2.31. The molecule has 0 bridgehead atoms. The summed E-state index contributed by atoms with van der Waals surface area (Å²) in [5.41, 5.74) is 1.84. The predicted molar refractivity (Wildman–Crippen MR) is 101 cm³/mol. The van der Waals surface area contributed by atoms with E-state index in [-0.39, 0.29) is 11.8 Å². The van der Waals surface area contributed by atoms with E-state index < -0.39 is 0 Å². The molecule has 138 valence electrons. The first kappa shape index (κ1) is 17.4. The van der Waals surface area contributed by atoms with Crippen LogP contribution < -0.4 is 4.90 Å². The lowest BCUT2D eigenvalue weighted by atomic mass is 10.1. The van der Waals surface area contributed by atoms with Crippen molar-refractivity contribution in [2.45, 2.75) is 13.0 Å². The van der Waals surface area contributed by atoms with Gasteiger partial charge in [-0.3, -0.25) is 14.7 Å². The van der Waals surface area contributed by atoms with E-state index in [2.05, 4.69) is 20.0 Å². The molecule has 1 unspecified atom stereocenters. The maximum Gasteiger partial charge on any atom is 0.241 e. The normalized spacial score (nSPS) is 17.0. The van der Waals surface area contributed by atoms with E-state index in [1.165, 1.54) is 0 Å². The van der Waals surface area contributed by atoms with Gasteiger partial charge in [0.05, 0.1) is 6.54 Å². The second kappa shape index (κ2) is 7.67. The molecule has 27 heavy (non-hydrogen) atoms. The summed E-state index contributed by atoms with van der Waals surface area (Å²) >= 11 is 0. The molecule has 3 heterocycles. The summed E-state index contributed by atoms with van der Waals surface area (Å²) in [6, 6.07) is 13.5. The second-order valence-corrected chi connectivity index (χ2v) is 6.85. The summed E-state index contributed by atoms with van der Waals surface area (Å²) in [4.78, 5) is 24.8. The highest BCUT2D eigenvalue weighted by molar-refractivity contribution is 5.95. The SMILES string of the molecule is CN(Cc1nc(-c2ccncc2)no1)CC1CC(=O)N(c2ccccc2)C1. The van der Waals surface area contributed by atoms with Crippen LogP contribution in [0.2, 0.25) is 0 Å². The molecule has 1 saturated heterocycles. The minimum Gasteiger partial charge on any atom is -0.338 e. The Hall–Kier alpha value is -3.06. The van der Waals surface area contributed by atoms with Crippen molar-refractivity contribution in [2.75, 3.05) is 25.0 Å². The Kier molecular flexibility index (Phi) is 4.93. The Morgan fingerprint density at radius 2 is 1.96 bits per heavy atom. The van der Waals surface area contributed by atoms with Crippen LogP contribution in [0.4, 0.5) is 5.69 Å². The van der Waals surface area contributed by atoms with E-state index in [1.807, 2.05) is 54.4 Å². The van der Waals surface area contributed by atoms with Gasteiger partial charge in [-0.25, -0.2) is 0 Å². The molecule has 1 aliphatic rings. The van der Waals surface area contributed by atoms with Crippen molar-refractivity contribution in [1.29, 1.82) is 0 Å². The molecule has 0 radical (unpaired) electrons. The van der Waals surface area contributed by atoms with Gasteiger partial charge in [-0.2, -0.15) is 4.98 Å². The molecule has 0 N–H and O–H groups in total. The molecule has 1 atom stereocenters. The Morgan fingerprint density at radius 3 is 2.74 bits per heavy atom. The fourth-order valence-electron chi connectivity index (χ4n) is 3.43. The molecule has 7 nitrogen and oxygen atoms in total. The van der Waals surface area contributed by atoms with Crippen LogP contribution in [0.25, 0.3) is 11.4 Å². The molecule has 1 aromatic carbocycles. The molecule has 0 saturated carbocycles. The number of rotatable bonds is 6. The monoisotopic (exact) mass is 363 g/mol. The summed E-state index contributed by atoms with van der Waals surface area (Å²) in [6.45, 7) is 2.08. The average molecular weight is 363 g/mol. The summed E-state index contributed by atoms with van der Waals surface area (Å²) in [7, 11) is 2.01. The average Bonchev–Trinajstić information content (AvgIpc) is 3.29. The van der Waals surface area contributed by atoms with Gasteiger partial charge in [0.2, 0.25) is 17.6 Å². The van der Waals surface area contributed by atoms with Crippen molar-refractivity contribution in [2.24, 2.45) is 5.92 Å². The van der Waals surface area contributed by atoms with Crippen LogP contribution in [0.3, 0.4) is 0 Å². The van der Waals surface area contributed by atoms with Crippen LogP contribution in [0.15, 0.2) is 59.4 Å². The minimum absolute atomic E-state index is 0.178. The molecular formula is C20H21N5O2. The lowest BCUT2D eigenvalue weighted by molar-refractivity contribution is -0.117. The van der Waals surface area contributed by atoms with Gasteiger partial charge in [0.1, 0.15) is 0 Å². The van der Waals surface area contributed by atoms with E-state index >= 15 is 0 Å². The van der Waals surface area contributed by atoms with E-state index in [9.17, 15) is 4.79 Å². The number of para-hydroxylation sites is 1. The number of nitrogens with zero attached hydrogens (tertiary/aromatic N) is 5. The Morgan fingerprint density at radius 1 is 1.19 bits per heavy atom. The van der Waals surface area contributed by atoms with Gasteiger partial charge in [-0.05, 0) is 37.2 Å². The van der Waals surface area contributed by atoms with Gasteiger partial charge in [-0.15, -0.1) is 0 Å². The van der Waals surface area contributed by atoms with E-state index in [1.54, 1.807) is 12.4 Å². The third-order valence-electron chi connectivity index (χ3n) is 4.65. The first-order chi connectivity index (χ1) is 13.2. The largest absolute Gasteiger partial charge is 0.338 e. The van der Waals surface area contributed by atoms with Gasteiger partial charge < -0.3 is 9.42 Å². The fraction of sp³-hybridized carbons (Fsp3) is 0.300. The predicted octanol–water partition coefficient (Wildman–Crippen LogP) is 2.62. The minimum atomic E-state index is 0.178. The Labute approximate surface area is 157 Å². The van der Waals surface area contributed by atoms with Crippen LogP contribution >= 0.6 is 0 Å². The maximum atomic E-state index is 12.3. The Balaban J connectivity index is 1.34. The van der Waals surface area contributed by atoms with Crippen molar-refractivity contribution in [3.8, 4) is 11.4 Å². The topological polar surface area (TPSA) is 75.4 Å². The highest BCUT2D eigenvalue weighted by Crippen LogP contribution is 2.25. The third-order valence-corrected chi connectivity index (χ3v) is 4.65. The standard InChI is InChI=1S/C20H21N5O2/c1-24(14-18-22-20(23-27-18)16-7-9-21-10-8-16)12-15-11-19(26)25(13-15)17-5-3-2-4-6-17/h2-10,15H,11-14H2,1H3. The lowest BCUT2D eigenvalue weighted by Gasteiger charge is -2.20. The number of carbonyl (C=O) groups is 1. The van der Waals surface area contributed by atoms with Crippen molar-refractivity contribution in [3.63, 3.8) is 0 Å². The number of amides is 1. The smallest absolute Gasteiger partial charge is 0.241 e. The summed E-state index contributed by atoms with van der Waals surface area (Å²) in [5.74, 6) is 1.59. The molecule has 0 aliphatic carbocycles. The summed E-state index contributed by atoms with van der Waals surface area (Å²) in [6.07, 6.45) is 3.96. The van der Waals surface area contributed by atoms with Gasteiger partial charge in [0.15, 0.2) is 0 Å². The van der Waals surface area contributed by atoms with Crippen molar-refractivity contribution >= 4 is 11.6 Å². The molecule has 3 aromatic rings. The number of anilines is 1. The van der Waals surface area contributed by atoms with Gasteiger partial charge in [0, 0.05) is 43.2 Å². The lowest BCUT2D eigenvalue weighted by Crippen LogP contribution is -2.28. The Bertz CT molecular complexity index is 897. The zero-order valence-electron chi connectivity index (χ0n) is 15.2. The van der Waals surface area contributed by atoms with Crippen LogP contribution in [0, 0.1) is 5.92 Å². The van der Waals surface area contributed by atoms with E-state index in [0.717, 1.165) is 24.3 Å². The van der Waals surface area contributed by atoms with Gasteiger partial charge >= 0.3 is 0 Å². The number of carbonyl (C=O) groups excluding carboxylic acids is 1. The first-order valence-corrected chi connectivity index (χ1v) is 8.96. The van der Waals surface area contributed by atoms with E-state index in [4.69, 9.17) is 4.52 Å². The second-order valence-electron chi connectivity index (χ2n) is 6.85. The first-order valence-electron chi connectivity index (χ1n) is 8.96. The zero-order valence-corrected chi connectivity index (χ0v) is 15.2. The molecule has 1 amide bonds. The molecule has 4 rings (SSSR count). The number of hydrogen-bond acceptors (Lipinski definition) is 6. The molecule has 1 fully saturated rings.